The van der Waals surface area contributed by atoms with Gasteiger partial charge in [0.2, 0.25) is 0 Å². The van der Waals surface area contributed by atoms with Gasteiger partial charge in [-0.05, 0) is 45.7 Å². The Morgan fingerprint density at radius 1 is 1.19 bits per heavy atom. The summed E-state index contributed by atoms with van der Waals surface area (Å²) >= 11 is 3.35. The van der Waals surface area contributed by atoms with Gasteiger partial charge in [0.15, 0.2) is 5.78 Å². The second-order valence-corrected chi connectivity index (χ2v) is 8.71. The van der Waals surface area contributed by atoms with E-state index in [-0.39, 0.29) is 31.1 Å². The molecule has 0 aliphatic heterocycles. The lowest BCUT2D eigenvalue weighted by Gasteiger charge is -2.28. The third kappa shape index (κ3) is 14.1. The lowest BCUT2D eigenvalue weighted by Crippen LogP contribution is -2.41. The third-order valence-electron chi connectivity index (χ3n) is 3.16. The Hall–Kier alpha value is -1.69. The minimum atomic E-state index is -0.585. The molecule has 0 N–H and O–H groups in total. The number of halogens is 1. The van der Waals surface area contributed by atoms with E-state index in [9.17, 15) is 14.4 Å². The molecule has 0 aliphatic carbocycles. The van der Waals surface area contributed by atoms with Crippen molar-refractivity contribution in [3.05, 3.63) is 34.3 Å². The molecular formula is C21H32BrNO4. The molecule has 0 saturated carbocycles. The van der Waals surface area contributed by atoms with Crippen LogP contribution in [0.5, 0.6) is 0 Å². The van der Waals surface area contributed by atoms with E-state index in [0.29, 0.717) is 12.8 Å². The van der Waals surface area contributed by atoms with Gasteiger partial charge in [-0.3, -0.25) is 4.79 Å². The fraction of sp³-hybridized carbons (Fsp3) is 0.571. The van der Waals surface area contributed by atoms with E-state index in [4.69, 9.17) is 4.74 Å². The molecule has 0 aromatic heterocycles. The molecule has 0 atom stereocenters. The summed E-state index contributed by atoms with van der Waals surface area (Å²) in [6, 6.07) is 8.22. The average molecular weight is 442 g/mol. The van der Waals surface area contributed by atoms with Crippen molar-refractivity contribution in [3.8, 4) is 0 Å². The molecule has 1 rings (SSSR count). The number of ether oxygens (including phenoxy) is 1. The number of rotatable bonds is 7. The Morgan fingerprint density at radius 3 is 2.15 bits per heavy atom. The molecule has 0 saturated heterocycles. The summed E-state index contributed by atoms with van der Waals surface area (Å²) in [7, 11) is 0. The lowest BCUT2D eigenvalue weighted by atomic mass is 10.1. The van der Waals surface area contributed by atoms with Crippen LogP contribution in [0.2, 0.25) is 0 Å². The van der Waals surface area contributed by atoms with Crippen molar-refractivity contribution >= 4 is 34.1 Å². The second-order valence-electron chi connectivity index (χ2n) is 7.79. The molecule has 0 bridgehead atoms. The summed E-state index contributed by atoms with van der Waals surface area (Å²) in [6.45, 7) is 11.8. The van der Waals surface area contributed by atoms with Gasteiger partial charge in [0.25, 0.3) is 0 Å². The predicted octanol–water partition coefficient (Wildman–Crippen LogP) is 5.19. The Morgan fingerprint density at radius 2 is 1.74 bits per heavy atom. The first-order valence-corrected chi connectivity index (χ1v) is 9.89. The van der Waals surface area contributed by atoms with Crippen LogP contribution in [0.3, 0.4) is 0 Å². The Balaban J connectivity index is 0.000000694. The highest BCUT2D eigenvalue weighted by atomic mass is 79.9. The summed E-state index contributed by atoms with van der Waals surface area (Å²) in [5.41, 5.74) is 0.714. The number of Topliss-reactive ketones (excluding diaryl/α,β-unsaturated/α-hetero) is 1. The van der Waals surface area contributed by atoms with Crippen molar-refractivity contribution in [3.63, 3.8) is 0 Å². The average Bonchev–Trinajstić information content (AvgIpc) is 2.53. The van der Waals surface area contributed by atoms with Crippen molar-refractivity contribution in [2.45, 2.75) is 60.0 Å². The van der Waals surface area contributed by atoms with Crippen LogP contribution in [0.25, 0.3) is 0 Å². The first kappa shape index (κ1) is 25.3. The van der Waals surface area contributed by atoms with Crippen molar-refractivity contribution in [1.29, 1.82) is 0 Å². The molecule has 0 heterocycles. The van der Waals surface area contributed by atoms with Gasteiger partial charge in [0.1, 0.15) is 11.9 Å². The largest absolute Gasteiger partial charge is 0.444 e. The van der Waals surface area contributed by atoms with E-state index >= 15 is 0 Å². The molecule has 0 spiro atoms. The molecule has 152 valence electrons. The molecule has 5 nitrogen and oxygen atoms in total. The minimum Gasteiger partial charge on any atom is -0.444 e. The highest BCUT2D eigenvalue weighted by Crippen LogP contribution is 2.12. The first-order valence-electron chi connectivity index (χ1n) is 9.10. The van der Waals surface area contributed by atoms with Gasteiger partial charge < -0.3 is 14.4 Å². The van der Waals surface area contributed by atoms with E-state index < -0.39 is 11.7 Å². The quantitative estimate of drug-likeness (QED) is 0.546. The highest BCUT2D eigenvalue weighted by Gasteiger charge is 2.24. The van der Waals surface area contributed by atoms with Gasteiger partial charge in [-0.15, -0.1) is 0 Å². The van der Waals surface area contributed by atoms with Gasteiger partial charge in [0, 0.05) is 23.9 Å². The summed E-state index contributed by atoms with van der Waals surface area (Å²) in [6.07, 6.45) is 0.586. The van der Waals surface area contributed by atoms with E-state index in [1.807, 2.05) is 26.0 Å². The van der Waals surface area contributed by atoms with Crippen molar-refractivity contribution in [1.82, 2.24) is 4.90 Å². The van der Waals surface area contributed by atoms with E-state index in [1.165, 1.54) is 10.5 Å². The smallest absolute Gasteiger partial charge is 0.410 e. The number of hydrogen-bond donors (Lipinski definition) is 0. The Kier molecular flexibility index (Phi) is 11.9. The van der Waals surface area contributed by atoms with Gasteiger partial charge in [-0.25, -0.2) is 4.79 Å². The fourth-order valence-electron chi connectivity index (χ4n) is 2.02. The molecule has 0 radical (unpaired) electrons. The van der Waals surface area contributed by atoms with Crippen molar-refractivity contribution < 1.29 is 19.1 Å². The van der Waals surface area contributed by atoms with Gasteiger partial charge in [0.05, 0.1) is 6.54 Å². The van der Waals surface area contributed by atoms with E-state index in [1.54, 1.807) is 20.8 Å². The minimum absolute atomic E-state index is 0.000926. The zero-order chi connectivity index (χ0) is 21.0. The van der Waals surface area contributed by atoms with Crippen LogP contribution in [-0.4, -0.2) is 41.8 Å². The number of aldehydes is 1. The van der Waals surface area contributed by atoms with Crippen LogP contribution in [0.1, 0.15) is 53.0 Å². The van der Waals surface area contributed by atoms with Gasteiger partial charge >= 0.3 is 6.09 Å². The molecular weight excluding hydrogens is 410 g/mol. The van der Waals surface area contributed by atoms with Crippen LogP contribution in [0.4, 0.5) is 4.79 Å². The number of carbonyl (C=O) groups is 3. The van der Waals surface area contributed by atoms with E-state index in [2.05, 4.69) is 35.0 Å². The van der Waals surface area contributed by atoms with Crippen LogP contribution in [0.15, 0.2) is 28.7 Å². The maximum atomic E-state index is 12.0. The number of aryl methyl sites for hydroxylation is 1. The number of amides is 1. The SMILES string of the molecule is CC(C)CN(CC(=O)CCC=O)C(=O)OC(C)(C)C.Cc1ccc(Br)cc1. The zero-order valence-corrected chi connectivity index (χ0v) is 18.8. The zero-order valence-electron chi connectivity index (χ0n) is 17.3. The summed E-state index contributed by atoms with van der Waals surface area (Å²) in [4.78, 5) is 35.3. The number of ketones is 1. The van der Waals surface area contributed by atoms with Crippen LogP contribution >= 0.6 is 15.9 Å². The number of benzene rings is 1. The molecule has 6 heteroatoms. The van der Waals surface area contributed by atoms with Gasteiger partial charge in [-0.1, -0.05) is 47.5 Å². The third-order valence-corrected chi connectivity index (χ3v) is 3.69. The Labute approximate surface area is 171 Å². The molecule has 0 unspecified atom stereocenters. The first-order chi connectivity index (χ1) is 12.4. The maximum Gasteiger partial charge on any atom is 0.410 e. The summed E-state index contributed by atoms with van der Waals surface area (Å²) < 4.78 is 6.41. The number of hydrogen-bond acceptors (Lipinski definition) is 4. The van der Waals surface area contributed by atoms with Crippen molar-refractivity contribution in [2.24, 2.45) is 5.92 Å². The van der Waals surface area contributed by atoms with Crippen LogP contribution < -0.4 is 0 Å². The maximum absolute atomic E-state index is 12.0. The Bertz CT molecular complexity index is 570. The molecule has 0 aliphatic rings. The molecule has 27 heavy (non-hydrogen) atoms. The van der Waals surface area contributed by atoms with E-state index in [0.717, 1.165) is 4.47 Å². The van der Waals surface area contributed by atoms with Crippen molar-refractivity contribution in [2.75, 3.05) is 13.1 Å². The summed E-state index contributed by atoms with van der Waals surface area (Å²) in [5.74, 6) is 0.116. The second kappa shape index (κ2) is 12.7. The topological polar surface area (TPSA) is 63.7 Å². The molecule has 1 amide bonds. The highest BCUT2D eigenvalue weighted by molar-refractivity contribution is 9.10. The molecule has 1 aromatic carbocycles. The fourth-order valence-corrected chi connectivity index (χ4v) is 2.28. The standard InChI is InChI=1S/C14H25NO4.C7H7Br/c1-11(2)9-15(10-12(17)7-6-8-16)13(18)19-14(3,4)5;1-6-2-4-7(8)5-3-6/h8,11H,6-7,9-10H2,1-5H3;2-5H,1H3. The lowest BCUT2D eigenvalue weighted by molar-refractivity contribution is -0.121. The van der Waals surface area contributed by atoms with Crippen LogP contribution in [0, 0.1) is 12.8 Å². The molecule has 0 fully saturated rings. The normalized spacial score (nSPS) is 10.7. The van der Waals surface area contributed by atoms with Gasteiger partial charge in [-0.2, -0.15) is 0 Å². The predicted molar refractivity (Wildman–Crippen MR) is 112 cm³/mol. The monoisotopic (exact) mass is 441 g/mol. The van der Waals surface area contributed by atoms with Crippen LogP contribution in [-0.2, 0) is 14.3 Å². The number of nitrogens with zero attached hydrogens (tertiary/aromatic N) is 1. The summed E-state index contributed by atoms with van der Waals surface area (Å²) in [5, 5.41) is 0. The molecule has 1 aromatic rings. The number of carbonyl (C=O) groups excluding carboxylic acids is 3.